The largest absolute Gasteiger partial charge is 0.467 e. The minimum atomic E-state index is -0.178. The third kappa shape index (κ3) is 5.08. The maximum atomic E-state index is 13.2. The van der Waals surface area contributed by atoms with E-state index in [1.54, 1.807) is 35.1 Å². The number of nitrogens with zero attached hydrogens (tertiary/aromatic N) is 2. The molecule has 31 heavy (non-hydrogen) atoms. The van der Waals surface area contributed by atoms with E-state index in [9.17, 15) is 9.59 Å². The van der Waals surface area contributed by atoms with Crippen LogP contribution in [0.4, 0.5) is 0 Å². The van der Waals surface area contributed by atoms with Gasteiger partial charge in [-0.15, -0.1) is 0 Å². The molecular weight excluding hydrogens is 478 g/mol. The molecule has 4 aromatic rings. The summed E-state index contributed by atoms with van der Waals surface area (Å²) in [4.78, 5) is 30.4. The monoisotopic (exact) mass is 497 g/mol. The van der Waals surface area contributed by atoms with Crippen molar-refractivity contribution in [2.45, 2.75) is 24.7 Å². The molecule has 0 spiro atoms. The van der Waals surface area contributed by atoms with Gasteiger partial charge in [0.15, 0.2) is 5.16 Å². The van der Waals surface area contributed by atoms with Gasteiger partial charge in [0.25, 0.3) is 5.56 Å². The zero-order valence-electron chi connectivity index (χ0n) is 16.7. The summed E-state index contributed by atoms with van der Waals surface area (Å²) in [5.74, 6) is 0.655. The van der Waals surface area contributed by atoms with Gasteiger partial charge in [-0.1, -0.05) is 58.0 Å². The summed E-state index contributed by atoms with van der Waals surface area (Å²) in [6.07, 6.45) is 1.57. The lowest BCUT2D eigenvalue weighted by atomic mass is 10.1. The molecule has 0 saturated heterocycles. The summed E-state index contributed by atoms with van der Waals surface area (Å²) in [6.45, 7) is 2.18. The Morgan fingerprint density at radius 1 is 1.19 bits per heavy atom. The number of thioether (sulfide) groups is 1. The molecule has 0 radical (unpaired) electrons. The first-order valence-electron chi connectivity index (χ1n) is 9.71. The average molecular weight is 498 g/mol. The van der Waals surface area contributed by atoms with Crippen molar-refractivity contribution in [3.8, 4) is 0 Å². The lowest BCUT2D eigenvalue weighted by molar-refractivity contribution is -0.119. The molecule has 0 aliphatic carbocycles. The summed E-state index contributed by atoms with van der Waals surface area (Å²) >= 11 is 4.64. The van der Waals surface area contributed by atoms with Gasteiger partial charge in [-0.05, 0) is 42.8 Å². The van der Waals surface area contributed by atoms with Crippen LogP contribution in [0.1, 0.15) is 24.3 Å². The first kappa shape index (κ1) is 21.4. The molecule has 2 heterocycles. The molecule has 0 fully saturated rings. The van der Waals surface area contributed by atoms with Gasteiger partial charge in [0.2, 0.25) is 5.91 Å². The number of rotatable bonds is 7. The molecule has 2 aromatic carbocycles. The van der Waals surface area contributed by atoms with Crippen LogP contribution in [0.25, 0.3) is 10.9 Å². The lowest BCUT2D eigenvalue weighted by Crippen LogP contribution is -2.29. The van der Waals surface area contributed by atoms with Crippen LogP contribution in [-0.4, -0.2) is 21.2 Å². The summed E-state index contributed by atoms with van der Waals surface area (Å²) in [7, 11) is 0. The van der Waals surface area contributed by atoms with E-state index in [1.807, 2.05) is 43.3 Å². The number of halogens is 1. The molecule has 0 bridgehead atoms. The van der Waals surface area contributed by atoms with Crippen LogP contribution in [0.5, 0.6) is 0 Å². The number of amides is 1. The van der Waals surface area contributed by atoms with Gasteiger partial charge < -0.3 is 9.73 Å². The highest BCUT2D eigenvalue weighted by Gasteiger charge is 2.16. The minimum Gasteiger partial charge on any atom is -0.467 e. The number of benzene rings is 2. The van der Waals surface area contributed by atoms with Crippen LogP contribution < -0.4 is 10.9 Å². The van der Waals surface area contributed by atoms with Gasteiger partial charge in [0, 0.05) is 4.47 Å². The van der Waals surface area contributed by atoms with Gasteiger partial charge in [-0.3, -0.25) is 14.2 Å². The summed E-state index contributed by atoms with van der Waals surface area (Å²) in [6, 6.07) is 18.6. The second kappa shape index (κ2) is 9.53. The van der Waals surface area contributed by atoms with Crippen molar-refractivity contribution in [3.63, 3.8) is 0 Å². The topological polar surface area (TPSA) is 77.1 Å². The molecule has 6 nitrogen and oxygen atoms in total. The number of aromatic nitrogens is 2. The Bertz CT molecular complexity index is 1260. The average Bonchev–Trinajstić information content (AvgIpc) is 3.29. The zero-order chi connectivity index (χ0) is 21.8. The molecule has 0 aliphatic heterocycles. The van der Waals surface area contributed by atoms with E-state index < -0.39 is 0 Å². The number of hydrogen-bond donors (Lipinski definition) is 1. The van der Waals surface area contributed by atoms with Crippen molar-refractivity contribution < 1.29 is 9.21 Å². The Morgan fingerprint density at radius 3 is 2.74 bits per heavy atom. The second-order valence-corrected chi connectivity index (χ2v) is 8.87. The Balaban J connectivity index is 1.57. The highest BCUT2D eigenvalue weighted by molar-refractivity contribution is 9.10. The molecule has 4 rings (SSSR count). The molecule has 158 valence electrons. The van der Waals surface area contributed by atoms with Gasteiger partial charge in [-0.25, -0.2) is 4.98 Å². The predicted molar refractivity (Wildman–Crippen MR) is 125 cm³/mol. The Hall–Kier alpha value is -2.84. The van der Waals surface area contributed by atoms with Crippen LogP contribution in [0.15, 0.2) is 85.8 Å². The fourth-order valence-corrected chi connectivity index (χ4v) is 4.39. The number of nitrogens with one attached hydrogen (secondary N) is 1. The molecule has 1 amide bonds. The second-order valence-electron chi connectivity index (χ2n) is 7.02. The summed E-state index contributed by atoms with van der Waals surface area (Å²) in [5, 5.41) is 3.97. The first-order chi connectivity index (χ1) is 15.0. The van der Waals surface area contributed by atoms with Crippen molar-refractivity contribution in [1.82, 2.24) is 14.9 Å². The highest BCUT2D eigenvalue weighted by atomic mass is 79.9. The highest BCUT2D eigenvalue weighted by Crippen LogP contribution is 2.22. The molecule has 2 aromatic heterocycles. The van der Waals surface area contributed by atoms with Crippen LogP contribution in [-0.2, 0) is 11.3 Å². The molecular formula is C23H20BrN3O3S. The van der Waals surface area contributed by atoms with Crippen molar-refractivity contribution in [2.75, 3.05) is 5.75 Å². The van der Waals surface area contributed by atoms with Gasteiger partial charge >= 0.3 is 0 Å². The number of fused-ring (bicyclic) bond motifs is 1. The molecule has 1 atom stereocenters. The number of carbonyl (C=O) groups excluding carboxylic acids is 1. The number of carbonyl (C=O) groups is 1. The molecule has 0 saturated carbocycles. The Labute approximate surface area is 191 Å². The molecule has 0 aliphatic rings. The summed E-state index contributed by atoms with van der Waals surface area (Å²) in [5.41, 5.74) is 1.44. The Morgan fingerprint density at radius 2 is 2.00 bits per heavy atom. The van der Waals surface area contributed by atoms with Crippen molar-refractivity contribution in [2.24, 2.45) is 0 Å². The lowest BCUT2D eigenvalue weighted by Gasteiger charge is -2.15. The van der Waals surface area contributed by atoms with E-state index in [0.29, 0.717) is 21.8 Å². The van der Waals surface area contributed by atoms with Crippen LogP contribution in [0, 0.1) is 0 Å². The van der Waals surface area contributed by atoms with Crippen LogP contribution in [0.3, 0.4) is 0 Å². The SMILES string of the molecule is CC(NC(=O)CSc1nc2ccc(Br)cc2c(=O)n1Cc1ccco1)c1ccccc1. The maximum absolute atomic E-state index is 13.2. The van der Waals surface area contributed by atoms with Crippen LogP contribution in [0.2, 0.25) is 0 Å². The summed E-state index contributed by atoms with van der Waals surface area (Å²) < 4.78 is 7.78. The van der Waals surface area contributed by atoms with Gasteiger partial charge in [0.1, 0.15) is 5.76 Å². The first-order valence-corrected chi connectivity index (χ1v) is 11.5. The normalized spacial score (nSPS) is 12.1. The van der Waals surface area contributed by atoms with Gasteiger partial charge in [0.05, 0.1) is 35.5 Å². The van der Waals surface area contributed by atoms with E-state index in [2.05, 4.69) is 26.2 Å². The van der Waals surface area contributed by atoms with Crippen molar-refractivity contribution >= 4 is 44.5 Å². The standard InChI is InChI=1S/C23H20BrN3O3S/c1-15(16-6-3-2-4-7-16)25-21(28)14-31-23-26-20-10-9-17(24)12-19(20)22(29)27(23)13-18-8-5-11-30-18/h2-12,15H,13-14H2,1H3,(H,25,28). The smallest absolute Gasteiger partial charge is 0.262 e. The quantitative estimate of drug-likeness (QED) is 0.294. The van der Waals surface area contributed by atoms with E-state index in [-0.39, 0.29) is 29.8 Å². The third-order valence-corrected chi connectivity index (χ3v) is 6.25. The van der Waals surface area contributed by atoms with E-state index in [1.165, 1.54) is 11.8 Å². The fourth-order valence-electron chi connectivity index (χ4n) is 3.22. The fraction of sp³-hybridized carbons (Fsp3) is 0.174. The van der Waals surface area contributed by atoms with E-state index in [4.69, 9.17) is 4.42 Å². The van der Waals surface area contributed by atoms with Gasteiger partial charge in [-0.2, -0.15) is 0 Å². The predicted octanol–water partition coefficient (Wildman–Crippen LogP) is 4.77. The van der Waals surface area contributed by atoms with Crippen LogP contribution >= 0.6 is 27.7 Å². The maximum Gasteiger partial charge on any atom is 0.262 e. The molecule has 1 N–H and O–H groups in total. The third-order valence-electron chi connectivity index (χ3n) is 4.78. The number of furan rings is 1. The van der Waals surface area contributed by atoms with E-state index >= 15 is 0 Å². The minimum absolute atomic E-state index is 0.110. The van der Waals surface area contributed by atoms with E-state index in [0.717, 1.165) is 10.0 Å². The Kier molecular flexibility index (Phi) is 6.58. The molecule has 1 unspecified atom stereocenters. The van der Waals surface area contributed by atoms with Crippen molar-refractivity contribution in [3.05, 3.63) is 93.1 Å². The van der Waals surface area contributed by atoms with Crippen molar-refractivity contribution in [1.29, 1.82) is 0 Å². The zero-order valence-corrected chi connectivity index (χ0v) is 19.2. The molecule has 8 heteroatoms. The number of hydrogen-bond acceptors (Lipinski definition) is 5.